The highest BCUT2D eigenvalue weighted by Gasteiger charge is 2.18. The second kappa shape index (κ2) is 10.5. The minimum Gasteiger partial charge on any atom is -0.493 e. The molecule has 9 heteroatoms. The van der Waals surface area contributed by atoms with Crippen molar-refractivity contribution in [3.05, 3.63) is 22.2 Å². The molecule has 138 valence electrons. The third-order valence-electron chi connectivity index (χ3n) is 2.77. The Hall–Kier alpha value is -2.29. The summed E-state index contributed by atoms with van der Waals surface area (Å²) in [5.41, 5.74) is 0.163. The van der Waals surface area contributed by atoms with Crippen LogP contribution >= 0.6 is 15.9 Å². The Morgan fingerprint density at radius 1 is 1.16 bits per heavy atom. The fraction of sp³-hybridized carbons (Fsp3) is 0.438. The molecule has 25 heavy (non-hydrogen) atoms. The molecule has 1 N–H and O–H groups in total. The fourth-order valence-corrected chi connectivity index (χ4v) is 2.27. The number of esters is 1. The molecule has 1 aromatic rings. The number of carbonyl (C=O) groups is 3. The van der Waals surface area contributed by atoms with Gasteiger partial charge in [-0.15, -0.1) is 0 Å². The first-order chi connectivity index (χ1) is 11.9. The van der Waals surface area contributed by atoms with Gasteiger partial charge in [-0.3, -0.25) is 10.1 Å². The normalized spacial score (nSPS) is 9.92. The van der Waals surface area contributed by atoms with Gasteiger partial charge in [-0.2, -0.15) is 0 Å². The first-order valence-corrected chi connectivity index (χ1v) is 8.36. The maximum absolute atomic E-state index is 12.1. The van der Waals surface area contributed by atoms with Gasteiger partial charge in [-0.05, 0) is 41.4 Å². The monoisotopic (exact) mass is 417 g/mol. The fourth-order valence-electron chi connectivity index (χ4n) is 1.71. The van der Waals surface area contributed by atoms with E-state index < -0.39 is 24.6 Å². The smallest absolute Gasteiger partial charge is 0.413 e. The number of amides is 2. The molecule has 0 heterocycles. The number of benzene rings is 1. The second-order valence-electron chi connectivity index (χ2n) is 4.68. The van der Waals surface area contributed by atoms with Crippen molar-refractivity contribution >= 4 is 33.9 Å². The average molecular weight is 418 g/mol. The van der Waals surface area contributed by atoms with E-state index in [1.807, 2.05) is 12.2 Å². The number of imide groups is 1. The Morgan fingerprint density at radius 3 is 2.48 bits per heavy atom. The number of halogens is 1. The highest BCUT2D eigenvalue weighted by molar-refractivity contribution is 9.10. The SMILES string of the molecule is CCCOc1c(Br)cc(C(=O)OCC(=O)NC(=O)OCC)cc1OC. The molecule has 0 spiro atoms. The van der Waals surface area contributed by atoms with E-state index in [2.05, 4.69) is 20.7 Å². The molecule has 0 atom stereocenters. The zero-order chi connectivity index (χ0) is 18.8. The molecule has 1 aromatic carbocycles. The molecular weight excluding hydrogens is 398 g/mol. The van der Waals surface area contributed by atoms with E-state index in [9.17, 15) is 14.4 Å². The van der Waals surface area contributed by atoms with Crippen LogP contribution in [0.5, 0.6) is 11.5 Å². The van der Waals surface area contributed by atoms with Gasteiger partial charge in [0.25, 0.3) is 5.91 Å². The van der Waals surface area contributed by atoms with E-state index in [-0.39, 0.29) is 12.2 Å². The number of carbonyl (C=O) groups excluding carboxylic acids is 3. The van der Waals surface area contributed by atoms with E-state index in [0.29, 0.717) is 22.6 Å². The van der Waals surface area contributed by atoms with Gasteiger partial charge in [0, 0.05) is 0 Å². The summed E-state index contributed by atoms with van der Waals surface area (Å²) < 4.78 is 20.7. The lowest BCUT2D eigenvalue weighted by Crippen LogP contribution is -2.34. The molecule has 0 saturated heterocycles. The number of methoxy groups -OCH3 is 1. The summed E-state index contributed by atoms with van der Waals surface area (Å²) in [7, 11) is 1.45. The van der Waals surface area contributed by atoms with Crippen LogP contribution in [0.2, 0.25) is 0 Å². The largest absolute Gasteiger partial charge is 0.493 e. The summed E-state index contributed by atoms with van der Waals surface area (Å²) in [5, 5.41) is 1.92. The quantitative estimate of drug-likeness (QED) is 0.648. The van der Waals surface area contributed by atoms with Crippen molar-refractivity contribution in [2.45, 2.75) is 20.3 Å². The first kappa shape index (κ1) is 20.8. The molecule has 0 aliphatic rings. The molecule has 0 bridgehead atoms. The number of rotatable bonds is 8. The van der Waals surface area contributed by atoms with Crippen molar-refractivity contribution in [1.82, 2.24) is 5.32 Å². The summed E-state index contributed by atoms with van der Waals surface area (Å²) in [5.74, 6) is -0.715. The molecule has 0 saturated carbocycles. The lowest BCUT2D eigenvalue weighted by atomic mass is 10.2. The van der Waals surface area contributed by atoms with Crippen molar-refractivity contribution in [3.8, 4) is 11.5 Å². The van der Waals surface area contributed by atoms with E-state index in [1.54, 1.807) is 6.92 Å². The van der Waals surface area contributed by atoms with Gasteiger partial charge in [-0.1, -0.05) is 6.92 Å². The maximum atomic E-state index is 12.1. The van der Waals surface area contributed by atoms with Crippen molar-refractivity contribution in [2.75, 3.05) is 26.9 Å². The van der Waals surface area contributed by atoms with Crippen LogP contribution in [0.3, 0.4) is 0 Å². The Balaban J connectivity index is 2.73. The van der Waals surface area contributed by atoms with Crippen molar-refractivity contribution < 1.29 is 33.3 Å². The second-order valence-corrected chi connectivity index (χ2v) is 5.54. The molecule has 0 aliphatic carbocycles. The van der Waals surface area contributed by atoms with Gasteiger partial charge in [0.1, 0.15) is 0 Å². The van der Waals surface area contributed by atoms with Crippen LogP contribution in [-0.2, 0) is 14.3 Å². The lowest BCUT2D eigenvalue weighted by molar-refractivity contribution is -0.123. The summed E-state index contributed by atoms with van der Waals surface area (Å²) in [6.45, 7) is 3.56. The summed E-state index contributed by atoms with van der Waals surface area (Å²) >= 11 is 3.31. The number of nitrogens with one attached hydrogen (secondary N) is 1. The molecule has 0 fully saturated rings. The van der Waals surface area contributed by atoms with Crippen LogP contribution in [0.15, 0.2) is 16.6 Å². The van der Waals surface area contributed by atoms with Gasteiger partial charge >= 0.3 is 12.1 Å². The minimum atomic E-state index is -0.898. The zero-order valence-electron chi connectivity index (χ0n) is 14.2. The van der Waals surface area contributed by atoms with Gasteiger partial charge < -0.3 is 18.9 Å². The predicted molar refractivity (Wildman–Crippen MR) is 91.9 cm³/mol. The van der Waals surface area contributed by atoms with Crippen LogP contribution < -0.4 is 14.8 Å². The Labute approximate surface area is 153 Å². The van der Waals surface area contributed by atoms with Crippen LogP contribution in [0.1, 0.15) is 30.6 Å². The van der Waals surface area contributed by atoms with E-state index in [0.717, 1.165) is 6.42 Å². The molecule has 0 aliphatic heterocycles. The van der Waals surface area contributed by atoms with Gasteiger partial charge in [-0.25, -0.2) is 9.59 Å². The predicted octanol–water partition coefficient (Wildman–Crippen LogP) is 2.68. The highest BCUT2D eigenvalue weighted by Crippen LogP contribution is 2.36. The molecule has 2 amide bonds. The number of ether oxygens (including phenoxy) is 4. The van der Waals surface area contributed by atoms with Crippen LogP contribution in [0.25, 0.3) is 0 Å². The third kappa shape index (κ3) is 6.61. The first-order valence-electron chi connectivity index (χ1n) is 7.56. The van der Waals surface area contributed by atoms with Crippen molar-refractivity contribution in [3.63, 3.8) is 0 Å². The Bertz CT molecular complexity index is 633. The van der Waals surface area contributed by atoms with Crippen molar-refractivity contribution in [2.24, 2.45) is 0 Å². The van der Waals surface area contributed by atoms with E-state index >= 15 is 0 Å². The zero-order valence-corrected chi connectivity index (χ0v) is 15.8. The molecule has 8 nitrogen and oxygen atoms in total. The summed E-state index contributed by atoms with van der Waals surface area (Å²) in [6.07, 6.45) is -0.0833. The number of hydrogen-bond donors (Lipinski definition) is 1. The Kier molecular flexibility index (Phi) is 8.76. The maximum Gasteiger partial charge on any atom is 0.413 e. The summed E-state index contributed by atoms with van der Waals surface area (Å²) in [6, 6.07) is 2.94. The molecular formula is C16H20BrNO7. The van der Waals surface area contributed by atoms with E-state index in [1.165, 1.54) is 19.2 Å². The number of hydrogen-bond acceptors (Lipinski definition) is 7. The minimum absolute atomic E-state index is 0.124. The topological polar surface area (TPSA) is 100 Å². The van der Waals surface area contributed by atoms with Gasteiger partial charge in [0.2, 0.25) is 0 Å². The van der Waals surface area contributed by atoms with Gasteiger partial charge in [0.15, 0.2) is 18.1 Å². The Morgan fingerprint density at radius 2 is 1.88 bits per heavy atom. The molecule has 0 aromatic heterocycles. The standard InChI is InChI=1S/C16H20BrNO7/c1-4-6-24-14-11(17)7-10(8-12(14)22-3)15(20)25-9-13(19)18-16(21)23-5-2/h7-8H,4-6,9H2,1-3H3,(H,18,19,21). The number of alkyl carbamates (subject to hydrolysis) is 1. The third-order valence-corrected chi connectivity index (χ3v) is 3.36. The van der Waals surface area contributed by atoms with Crippen molar-refractivity contribution in [1.29, 1.82) is 0 Å². The van der Waals surface area contributed by atoms with E-state index in [4.69, 9.17) is 14.2 Å². The molecule has 0 unspecified atom stereocenters. The van der Waals surface area contributed by atoms with Crippen LogP contribution in [0.4, 0.5) is 4.79 Å². The molecule has 0 radical (unpaired) electrons. The molecule has 1 rings (SSSR count). The average Bonchev–Trinajstić information content (AvgIpc) is 2.58. The lowest BCUT2D eigenvalue weighted by Gasteiger charge is -2.13. The van der Waals surface area contributed by atoms with Crippen LogP contribution in [0, 0.1) is 0 Å². The highest BCUT2D eigenvalue weighted by atomic mass is 79.9. The van der Waals surface area contributed by atoms with Crippen LogP contribution in [-0.4, -0.2) is 44.9 Å². The van der Waals surface area contributed by atoms with Gasteiger partial charge in [0.05, 0.1) is 30.4 Å². The summed E-state index contributed by atoms with van der Waals surface area (Å²) in [4.78, 5) is 34.6.